The fourth-order valence-corrected chi connectivity index (χ4v) is 1.47. The molecule has 17 heavy (non-hydrogen) atoms. The van der Waals surface area contributed by atoms with Gasteiger partial charge in [-0.25, -0.2) is 4.98 Å². The number of carbonyl (C=O) groups is 1. The molecule has 1 rings (SSSR count). The van der Waals surface area contributed by atoms with Crippen LogP contribution in [0.3, 0.4) is 0 Å². The van der Waals surface area contributed by atoms with Crippen molar-refractivity contribution in [2.45, 2.75) is 32.3 Å². The molecule has 0 aliphatic rings. The number of aromatic nitrogens is 1. The molecular formula is C12H17ClN2O2. The van der Waals surface area contributed by atoms with Crippen LogP contribution in [0.5, 0.6) is 0 Å². The monoisotopic (exact) mass is 256 g/mol. The van der Waals surface area contributed by atoms with Crippen LogP contribution in [0.4, 0.5) is 0 Å². The number of hydrogen-bond acceptors (Lipinski definition) is 3. The molecule has 0 unspecified atom stereocenters. The molecule has 2 N–H and O–H groups in total. The minimum atomic E-state index is -0.838. The van der Waals surface area contributed by atoms with Crippen molar-refractivity contribution in [3.05, 3.63) is 29.0 Å². The summed E-state index contributed by atoms with van der Waals surface area (Å²) in [6.45, 7) is 4.01. The standard InChI is InChI=1S/C12H17ClN2O2/c1-3-12(17,4-2)8-15-11(16)9-5-6-10(13)14-7-9/h5-7,17H,3-4,8H2,1-2H3,(H,15,16). The Hall–Kier alpha value is -1.13. The van der Waals surface area contributed by atoms with Gasteiger partial charge in [-0.15, -0.1) is 0 Å². The van der Waals surface area contributed by atoms with Crippen LogP contribution in [-0.4, -0.2) is 28.1 Å². The van der Waals surface area contributed by atoms with Crippen LogP contribution in [0, 0.1) is 0 Å². The summed E-state index contributed by atoms with van der Waals surface area (Å²) in [6, 6.07) is 3.16. The van der Waals surface area contributed by atoms with Gasteiger partial charge in [-0.05, 0) is 25.0 Å². The summed E-state index contributed by atoms with van der Waals surface area (Å²) >= 11 is 5.63. The van der Waals surface area contributed by atoms with Crippen LogP contribution in [0.15, 0.2) is 18.3 Å². The molecule has 0 aliphatic heterocycles. The van der Waals surface area contributed by atoms with Crippen LogP contribution in [0.1, 0.15) is 37.0 Å². The molecule has 0 spiro atoms. The first-order valence-electron chi connectivity index (χ1n) is 5.63. The molecule has 0 bridgehead atoms. The lowest BCUT2D eigenvalue weighted by Crippen LogP contribution is -2.42. The Morgan fingerprint density at radius 1 is 1.47 bits per heavy atom. The first-order valence-corrected chi connectivity index (χ1v) is 6.00. The molecule has 0 fully saturated rings. The van der Waals surface area contributed by atoms with Gasteiger partial charge in [0.05, 0.1) is 11.2 Å². The van der Waals surface area contributed by atoms with E-state index in [4.69, 9.17) is 11.6 Å². The molecule has 0 radical (unpaired) electrons. The van der Waals surface area contributed by atoms with Crippen molar-refractivity contribution in [3.8, 4) is 0 Å². The van der Waals surface area contributed by atoms with E-state index in [0.29, 0.717) is 23.6 Å². The smallest absolute Gasteiger partial charge is 0.252 e. The van der Waals surface area contributed by atoms with Gasteiger partial charge >= 0.3 is 0 Å². The molecule has 0 saturated carbocycles. The minimum Gasteiger partial charge on any atom is -0.388 e. The number of amides is 1. The average Bonchev–Trinajstić information content (AvgIpc) is 2.36. The van der Waals surface area contributed by atoms with Crippen molar-refractivity contribution >= 4 is 17.5 Å². The van der Waals surface area contributed by atoms with Crippen molar-refractivity contribution in [2.24, 2.45) is 0 Å². The molecule has 0 saturated heterocycles. The first-order chi connectivity index (χ1) is 8.00. The number of nitrogens with one attached hydrogen (secondary N) is 1. The predicted octanol–water partition coefficient (Wildman–Crippen LogP) is 2.02. The van der Waals surface area contributed by atoms with Crippen molar-refractivity contribution < 1.29 is 9.90 Å². The zero-order chi connectivity index (χ0) is 12.9. The summed E-state index contributed by atoms with van der Waals surface area (Å²) in [4.78, 5) is 15.6. The molecular weight excluding hydrogens is 240 g/mol. The lowest BCUT2D eigenvalue weighted by atomic mass is 9.97. The maximum atomic E-state index is 11.7. The van der Waals surface area contributed by atoms with Crippen molar-refractivity contribution in [2.75, 3.05) is 6.54 Å². The Labute approximate surface area is 106 Å². The van der Waals surface area contributed by atoms with Gasteiger partial charge in [0, 0.05) is 12.7 Å². The van der Waals surface area contributed by atoms with E-state index >= 15 is 0 Å². The molecule has 1 heterocycles. The third kappa shape index (κ3) is 3.98. The summed E-state index contributed by atoms with van der Waals surface area (Å²) in [5.41, 5.74) is -0.404. The summed E-state index contributed by atoms with van der Waals surface area (Å²) in [5, 5.41) is 13.1. The molecule has 1 aromatic heterocycles. The molecule has 1 amide bonds. The lowest BCUT2D eigenvalue weighted by Gasteiger charge is -2.25. The van der Waals surface area contributed by atoms with Crippen molar-refractivity contribution in [1.29, 1.82) is 0 Å². The Balaban J connectivity index is 2.58. The summed E-state index contributed by atoms with van der Waals surface area (Å²) in [5.74, 6) is -0.255. The average molecular weight is 257 g/mol. The van der Waals surface area contributed by atoms with Gasteiger partial charge in [0.25, 0.3) is 5.91 Å². The molecule has 0 aliphatic carbocycles. The van der Waals surface area contributed by atoms with E-state index < -0.39 is 5.60 Å². The minimum absolute atomic E-state index is 0.238. The van der Waals surface area contributed by atoms with E-state index in [1.165, 1.54) is 6.20 Å². The number of halogens is 1. The second-order valence-corrected chi connectivity index (χ2v) is 4.37. The van der Waals surface area contributed by atoms with E-state index in [1.54, 1.807) is 12.1 Å². The number of hydrogen-bond donors (Lipinski definition) is 2. The second kappa shape index (κ2) is 5.98. The third-order valence-electron chi connectivity index (χ3n) is 2.88. The lowest BCUT2D eigenvalue weighted by molar-refractivity contribution is 0.0314. The number of pyridine rings is 1. The maximum absolute atomic E-state index is 11.7. The Bertz CT molecular complexity index is 375. The predicted molar refractivity (Wildman–Crippen MR) is 67.1 cm³/mol. The molecule has 0 atom stereocenters. The number of carbonyl (C=O) groups excluding carboxylic acids is 1. The van der Waals surface area contributed by atoms with Gasteiger partial charge in [-0.3, -0.25) is 4.79 Å². The van der Waals surface area contributed by atoms with Crippen LogP contribution >= 0.6 is 11.6 Å². The summed E-state index contributed by atoms with van der Waals surface area (Å²) in [6.07, 6.45) is 2.61. The van der Waals surface area contributed by atoms with E-state index in [9.17, 15) is 9.90 Å². The largest absolute Gasteiger partial charge is 0.388 e. The molecule has 1 aromatic rings. The Kier molecular flexibility index (Phi) is 4.90. The van der Waals surface area contributed by atoms with Gasteiger partial charge in [0.15, 0.2) is 0 Å². The van der Waals surface area contributed by atoms with Gasteiger partial charge in [-0.2, -0.15) is 0 Å². The first kappa shape index (κ1) is 13.9. The zero-order valence-corrected chi connectivity index (χ0v) is 10.8. The Morgan fingerprint density at radius 2 is 2.12 bits per heavy atom. The van der Waals surface area contributed by atoms with E-state index in [-0.39, 0.29) is 12.5 Å². The normalized spacial score (nSPS) is 11.3. The fourth-order valence-electron chi connectivity index (χ4n) is 1.36. The highest BCUT2D eigenvalue weighted by molar-refractivity contribution is 6.29. The van der Waals surface area contributed by atoms with Gasteiger partial charge < -0.3 is 10.4 Å². The number of rotatable bonds is 5. The zero-order valence-electron chi connectivity index (χ0n) is 10.0. The SMILES string of the molecule is CCC(O)(CC)CNC(=O)c1ccc(Cl)nc1. The quantitative estimate of drug-likeness (QED) is 0.793. The second-order valence-electron chi connectivity index (χ2n) is 3.98. The number of nitrogens with zero attached hydrogens (tertiary/aromatic N) is 1. The van der Waals surface area contributed by atoms with Crippen LogP contribution in [0.2, 0.25) is 5.15 Å². The Morgan fingerprint density at radius 3 is 2.59 bits per heavy atom. The van der Waals surface area contributed by atoms with Gasteiger partial charge in [-0.1, -0.05) is 25.4 Å². The van der Waals surface area contributed by atoms with Crippen LogP contribution in [-0.2, 0) is 0 Å². The maximum Gasteiger partial charge on any atom is 0.252 e. The molecule has 4 nitrogen and oxygen atoms in total. The fraction of sp³-hybridized carbons (Fsp3) is 0.500. The highest BCUT2D eigenvalue weighted by Crippen LogP contribution is 2.13. The van der Waals surface area contributed by atoms with Crippen molar-refractivity contribution in [3.63, 3.8) is 0 Å². The van der Waals surface area contributed by atoms with Crippen LogP contribution < -0.4 is 5.32 Å². The third-order valence-corrected chi connectivity index (χ3v) is 3.11. The molecule has 0 aromatic carbocycles. The summed E-state index contributed by atoms with van der Waals surface area (Å²) in [7, 11) is 0. The highest BCUT2D eigenvalue weighted by atomic mass is 35.5. The van der Waals surface area contributed by atoms with E-state index in [0.717, 1.165) is 0 Å². The van der Waals surface area contributed by atoms with Crippen molar-refractivity contribution in [1.82, 2.24) is 10.3 Å². The molecule has 94 valence electrons. The van der Waals surface area contributed by atoms with E-state index in [1.807, 2.05) is 13.8 Å². The van der Waals surface area contributed by atoms with Crippen LogP contribution in [0.25, 0.3) is 0 Å². The number of aliphatic hydroxyl groups is 1. The highest BCUT2D eigenvalue weighted by Gasteiger charge is 2.22. The molecule has 5 heteroatoms. The topological polar surface area (TPSA) is 62.2 Å². The van der Waals surface area contributed by atoms with Gasteiger partial charge in [0.2, 0.25) is 0 Å². The van der Waals surface area contributed by atoms with E-state index in [2.05, 4.69) is 10.3 Å². The summed E-state index contributed by atoms with van der Waals surface area (Å²) < 4.78 is 0. The van der Waals surface area contributed by atoms with Gasteiger partial charge in [0.1, 0.15) is 5.15 Å².